The predicted octanol–water partition coefficient (Wildman–Crippen LogP) is 3.36. The predicted molar refractivity (Wildman–Crippen MR) is 82.2 cm³/mol. The van der Waals surface area contributed by atoms with E-state index < -0.39 is 0 Å². The summed E-state index contributed by atoms with van der Waals surface area (Å²) in [5.41, 5.74) is 3.18. The summed E-state index contributed by atoms with van der Waals surface area (Å²) in [6.07, 6.45) is 0. The van der Waals surface area contributed by atoms with Crippen LogP contribution in [0.25, 0.3) is 0 Å². The maximum absolute atomic E-state index is 11.8. The second-order valence-corrected chi connectivity index (χ2v) is 6.02. The number of hydrogen-bond acceptors (Lipinski definition) is 3. The molecular formula is C16H16N2OS. The van der Waals surface area contributed by atoms with Crippen molar-refractivity contribution in [1.82, 2.24) is 5.32 Å². The van der Waals surface area contributed by atoms with Gasteiger partial charge < -0.3 is 10.6 Å². The second-order valence-electron chi connectivity index (χ2n) is 4.88. The van der Waals surface area contributed by atoms with Gasteiger partial charge in [-0.25, -0.2) is 0 Å². The molecule has 0 fully saturated rings. The minimum Gasteiger partial charge on any atom is -0.324 e. The summed E-state index contributed by atoms with van der Waals surface area (Å²) in [5, 5.41) is 5.95. The van der Waals surface area contributed by atoms with E-state index in [1.54, 1.807) is 18.8 Å². The number of likely N-dealkylation sites (N-methyl/N-ethyl adjacent to an activating group) is 1. The van der Waals surface area contributed by atoms with Crippen LogP contribution in [0, 0.1) is 6.92 Å². The van der Waals surface area contributed by atoms with Gasteiger partial charge in [-0.1, -0.05) is 35.5 Å². The summed E-state index contributed by atoms with van der Waals surface area (Å²) in [6.45, 7) is 2.08. The van der Waals surface area contributed by atoms with Gasteiger partial charge in [0, 0.05) is 21.0 Å². The molecule has 20 heavy (non-hydrogen) atoms. The van der Waals surface area contributed by atoms with Crippen molar-refractivity contribution in [3.8, 4) is 0 Å². The van der Waals surface area contributed by atoms with E-state index in [1.807, 2.05) is 12.1 Å². The Hall–Kier alpha value is -1.78. The SMILES string of the molecule is CNC1C(=O)Nc2cc(Sc3ccc(C)cc3)ccc21. The van der Waals surface area contributed by atoms with Gasteiger partial charge >= 0.3 is 0 Å². The fourth-order valence-corrected chi connectivity index (χ4v) is 3.19. The van der Waals surface area contributed by atoms with E-state index in [1.165, 1.54) is 10.5 Å². The summed E-state index contributed by atoms with van der Waals surface area (Å²) in [4.78, 5) is 14.1. The molecule has 0 spiro atoms. The molecule has 0 saturated carbocycles. The van der Waals surface area contributed by atoms with Gasteiger partial charge in [-0.15, -0.1) is 0 Å². The molecule has 2 N–H and O–H groups in total. The minimum atomic E-state index is -0.233. The van der Waals surface area contributed by atoms with Crippen LogP contribution in [0.3, 0.4) is 0 Å². The number of fused-ring (bicyclic) bond motifs is 1. The Bertz CT molecular complexity index is 652. The number of nitrogens with one attached hydrogen (secondary N) is 2. The lowest BCUT2D eigenvalue weighted by atomic mass is 10.1. The Morgan fingerprint density at radius 3 is 2.50 bits per heavy atom. The number of amides is 1. The van der Waals surface area contributed by atoms with Gasteiger partial charge in [0.25, 0.3) is 0 Å². The molecule has 0 bridgehead atoms. The number of anilines is 1. The van der Waals surface area contributed by atoms with E-state index in [0.717, 1.165) is 16.1 Å². The number of rotatable bonds is 3. The number of aryl methyl sites for hydroxylation is 1. The Balaban J connectivity index is 1.85. The lowest BCUT2D eigenvalue weighted by Gasteiger charge is -2.07. The first-order valence-corrected chi connectivity index (χ1v) is 7.35. The van der Waals surface area contributed by atoms with E-state index in [0.29, 0.717) is 0 Å². The molecule has 0 radical (unpaired) electrons. The van der Waals surface area contributed by atoms with Crippen LogP contribution < -0.4 is 10.6 Å². The summed E-state index contributed by atoms with van der Waals surface area (Å²) in [5.74, 6) is 0.0139. The van der Waals surface area contributed by atoms with Crippen molar-refractivity contribution in [2.45, 2.75) is 22.8 Å². The lowest BCUT2D eigenvalue weighted by molar-refractivity contribution is -0.117. The zero-order valence-corrected chi connectivity index (χ0v) is 12.3. The van der Waals surface area contributed by atoms with Crippen molar-refractivity contribution in [2.24, 2.45) is 0 Å². The van der Waals surface area contributed by atoms with Crippen molar-refractivity contribution in [1.29, 1.82) is 0 Å². The molecular weight excluding hydrogens is 268 g/mol. The zero-order chi connectivity index (χ0) is 14.1. The van der Waals surface area contributed by atoms with E-state index >= 15 is 0 Å². The first-order chi connectivity index (χ1) is 9.67. The van der Waals surface area contributed by atoms with Gasteiger partial charge in [0.15, 0.2) is 0 Å². The third-order valence-electron chi connectivity index (χ3n) is 3.40. The lowest BCUT2D eigenvalue weighted by Crippen LogP contribution is -2.23. The van der Waals surface area contributed by atoms with Gasteiger partial charge in [-0.3, -0.25) is 4.79 Å². The molecule has 2 aromatic rings. The maximum atomic E-state index is 11.8. The highest BCUT2D eigenvalue weighted by Crippen LogP contribution is 2.36. The summed E-state index contributed by atoms with van der Waals surface area (Å²) in [6, 6.07) is 14.3. The monoisotopic (exact) mass is 284 g/mol. The summed E-state index contributed by atoms with van der Waals surface area (Å²) in [7, 11) is 1.80. The summed E-state index contributed by atoms with van der Waals surface area (Å²) >= 11 is 1.70. The Labute approximate surface area is 122 Å². The van der Waals surface area contributed by atoms with Crippen molar-refractivity contribution in [3.63, 3.8) is 0 Å². The van der Waals surface area contributed by atoms with Crippen molar-refractivity contribution in [3.05, 3.63) is 53.6 Å². The largest absolute Gasteiger partial charge is 0.324 e. The highest BCUT2D eigenvalue weighted by molar-refractivity contribution is 7.99. The van der Waals surface area contributed by atoms with E-state index in [2.05, 4.69) is 47.9 Å². The number of benzene rings is 2. The van der Waals surface area contributed by atoms with Crippen molar-refractivity contribution in [2.75, 3.05) is 12.4 Å². The van der Waals surface area contributed by atoms with Gasteiger partial charge in [-0.2, -0.15) is 0 Å². The topological polar surface area (TPSA) is 41.1 Å². The Morgan fingerprint density at radius 2 is 1.80 bits per heavy atom. The first-order valence-electron chi connectivity index (χ1n) is 6.54. The van der Waals surface area contributed by atoms with E-state index in [9.17, 15) is 4.79 Å². The number of carbonyl (C=O) groups excluding carboxylic acids is 1. The number of carbonyl (C=O) groups is 1. The van der Waals surface area contributed by atoms with Gasteiger partial charge in [0.1, 0.15) is 6.04 Å². The normalized spacial score (nSPS) is 16.9. The van der Waals surface area contributed by atoms with Crippen LogP contribution in [0.1, 0.15) is 17.2 Å². The molecule has 102 valence electrons. The molecule has 4 heteroatoms. The average Bonchev–Trinajstić information content (AvgIpc) is 2.76. The van der Waals surface area contributed by atoms with Crippen LogP contribution in [0.2, 0.25) is 0 Å². The molecule has 2 aromatic carbocycles. The van der Waals surface area contributed by atoms with Crippen molar-refractivity contribution < 1.29 is 4.79 Å². The first kappa shape index (κ1) is 13.2. The minimum absolute atomic E-state index is 0.0139. The van der Waals surface area contributed by atoms with Gasteiger partial charge in [-0.05, 0) is 38.2 Å². The molecule has 1 unspecified atom stereocenters. The fraction of sp³-hybridized carbons (Fsp3) is 0.188. The molecule has 3 nitrogen and oxygen atoms in total. The van der Waals surface area contributed by atoms with Crippen LogP contribution in [0.5, 0.6) is 0 Å². The van der Waals surface area contributed by atoms with Crippen molar-refractivity contribution >= 4 is 23.4 Å². The van der Waals surface area contributed by atoms with Crippen LogP contribution >= 0.6 is 11.8 Å². The van der Waals surface area contributed by atoms with Crippen LogP contribution in [0.15, 0.2) is 52.3 Å². The number of hydrogen-bond donors (Lipinski definition) is 2. The van der Waals surface area contributed by atoms with E-state index in [4.69, 9.17) is 0 Å². The Kier molecular flexibility index (Phi) is 3.51. The molecule has 3 rings (SSSR count). The molecule has 0 aliphatic carbocycles. The van der Waals surface area contributed by atoms with Gasteiger partial charge in [0.05, 0.1) is 0 Å². The molecule has 1 aliphatic heterocycles. The van der Waals surface area contributed by atoms with Crippen LogP contribution in [0.4, 0.5) is 5.69 Å². The third kappa shape index (κ3) is 2.44. The van der Waals surface area contributed by atoms with Crippen LogP contribution in [-0.4, -0.2) is 13.0 Å². The molecule has 1 aliphatic rings. The highest BCUT2D eigenvalue weighted by Gasteiger charge is 2.28. The second kappa shape index (κ2) is 5.31. The standard InChI is InChI=1S/C16H16N2OS/c1-10-3-5-11(6-4-10)20-12-7-8-13-14(9-12)18-16(19)15(13)17-2/h3-9,15,17H,1-2H3,(H,18,19). The molecule has 1 atom stereocenters. The maximum Gasteiger partial charge on any atom is 0.246 e. The quantitative estimate of drug-likeness (QED) is 0.908. The third-order valence-corrected chi connectivity index (χ3v) is 4.40. The Morgan fingerprint density at radius 1 is 1.10 bits per heavy atom. The van der Waals surface area contributed by atoms with Crippen LogP contribution in [-0.2, 0) is 4.79 Å². The molecule has 1 amide bonds. The van der Waals surface area contributed by atoms with Gasteiger partial charge in [0.2, 0.25) is 5.91 Å². The highest BCUT2D eigenvalue weighted by atomic mass is 32.2. The fourth-order valence-electron chi connectivity index (χ4n) is 2.33. The smallest absolute Gasteiger partial charge is 0.246 e. The molecule has 1 heterocycles. The zero-order valence-electron chi connectivity index (χ0n) is 11.4. The van der Waals surface area contributed by atoms with E-state index in [-0.39, 0.29) is 11.9 Å². The average molecular weight is 284 g/mol. The molecule has 0 saturated heterocycles. The summed E-state index contributed by atoms with van der Waals surface area (Å²) < 4.78 is 0. The molecule has 0 aromatic heterocycles.